The number of aryl methyl sites for hydroxylation is 4. The first kappa shape index (κ1) is 15.8. The van der Waals surface area contributed by atoms with E-state index in [0.29, 0.717) is 0 Å². The largest absolute Gasteiger partial charge is 0.327 e. The normalized spacial score (nSPS) is 12.7. The molecule has 0 amide bonds. The summed E-state index contributed by atoms with van der Waals surface area (Å²) in [4.78, 5) is 4.78. The Kier molecular flexibility index (Phi) is 4.49. The Bertz CT molecular complexity index is 801. The van der Waals surface area contributed by atoms with Crippen LogP contribution in [0, 0.1) is 13.8 Å². The molecule has 0 bridgehead atoms. The van der Waals surface area contributed by atoms with Gasteiger partial charge in [-0.15, -0.1) is 0 Å². The highest BCUT2D eigenvalue weighted by molar-refractivity contribution is 5.78. The van der Waals surface area contributed by atoms with Crippen molar-refractivity contribution in [3.8, 4) is 0 Å². The van der Waals surface area contributed by atoms with E-state index in [1.165, 1.54) is 22.2 Å². The van der Waals surface area contributed by atoms with Crippen molar-refractivity contribution in [1.29, 1.82) is 0 Å². The van der Waals surface area contributed by atoms with Crippen molar-refractivity contribution < 1.29 is 0 Å². The van der Waals surface area contributed by atoms with Crippen LogP contribution in [0.3, 0.4) is 0 Å². The molecule has 0 saturated heterocycles. The fourth-order valence-corrected chi connectivity index (χ4v) is 3.07. The predicted molar refractivity (Wildman–Crippen MR) is 96.6 cm³/mol. The van der Waals surface area contributed by atoms with Crippen LogP contribution in [0.15, 0.2) is 42.5 Å². The van der Waals surface area contributed by atoms with Crippen LogP contribution in [0.4, 0.5) is 0 Å². The molecule has 0 fully saturated rings. The lowest BCUT2D eigenvalue weighted by molar-refractivity contribution is 0.594. The zero-order valence-corrected chi connectivity index (χ0v) is 14.2. The van der Waals surface area contributed by atoms with Gasteiger partial charge in [0.2, 0.25) is 0 Å². The van der Waals surface area contributed by atoms with E-state index >= 15 is 0 Å². The summed E-state index contributed by atoms with van der Waals surface area (Å²) in [7, 11) is 0. The number of nitrogens with two attached hydrogens (primary N) is 1. The molecule has 2 aromatic carbocycles. The standard InChI is InChI=1S/C20H25N3/c1-14-12-18-19(13-15(14)2)23(20(22-18)16(3)21)11-7-10-17-8-5-4-6-9-17/h4-6,8-9,12-13,16H,7,10-11,21H2,1-3H3. The number of hydrogen-bond acceptors (Lipinski definition) is 2. The van der Waals surface area contributed by atoms with Gasteiger partial charge in [-0.3, -0.25) is 0 Å². The number of rotatable bonds is 5. The lowest BCUT2D eigenvalue weighted by Crippen LogP contribution is -2.14. The zero-order valence-electron chi connectivity index (χ0n) is 14.2. The van der Waals surface area contributed by atoms with Crippen molar-refractivity contribution in [2.75, 3.05) is 0 Å². The molecule has 2 N–H and O–H groups in total. The molecular formula is C20H25N3. The van der Waals surface area contributed by atoms with Gasteiger partial charge in [-0.25, -0.2) is 4.98 Å². The summed E-state index contributed by atoms with van der Waals surface area (Å²) >= 11 is 0. The summed E-state index contributed by atoms with van der Waals surface area (Å²) in [6.07, 6.45) is 2.16. The molecule has 3 nitrogen and oxygen atoms in total. The molecule has 0 spiro atoms. The highest BCUT2D eigenvalue weighted by atomic mass is 15.1. The quantitative estimate of drug-likeness (QED) is 0.763. The SMILES string of the molecule is Cc1cc2nc(C(C)N)n(CCCc3ccccc3)c2cc1C. The van der Waals surface area contributed by atoms with Gasteiger partial charge in [-0.1, -0.05) is 30.3 Å². The molecule has 0 aliphatic heterocycles. The van der Waals surface area contributed by atoms with Crippen LogP contribution in [-0.2, 0) is 13.0 Å². The molecule has 23 heavy (non-hydrogen) atoms. The monoisotopic (exact) mass is 307 g/mol. The van der Waals surface area contributed by atoms with Gasteiger partial charge >= 0.3 is 0 Å². The van der Waals surface area contributed by atoms with Crippen LogP contribution in [-0.4, -0.2) is 9.55 Å². The van der Waals surface area contributed by atoms with Crippen LogP contribution < -0.4 is 5.73 Å². The molecule has 3 heteroatoms. The molecule has 1 atom stereocenters. The average molecular weight is 307 g/mol. The first-order valence-electron chi connectivity index (χ1n) is 8.33. The Balaban J connectivity index is 1.88. The Hall–Kier alpha value is -2.13. The first-order chi connectivity index (χ1) is 11.1. The average Bonchev–Trinajstić information content (AvgIpc) is 2.87. The maximum absolute atomic E-state index is 6.15. The van der Waals surface area contributed by atoms with Gasteiger partial charge in [-0.2, -0.15) is 0 Å². The fraction of sp³-hybridized carbons (Fsp3) is 0.350. The van der Waals surface area contributed by atoms with Gasteiger partial charge in [0.25, 0.3) is 0 Å². The molecule has 1 heterocycles. The number of aromatic nitrogens is 2. The van der Waals surface area contributed by atoms with E-state index in [1.54, 1.807) is 0 Å². The summed E-state index contributed by atoms with van der Waals surface area (Å²) in [5.74, 6) is 0.984. The molecule has 1 aromatic heterocycles. The van der Waals surface area contributed by atoms with Gasteiger partial charge in [0.1, 0.15) is 5.82 Å². The summed E-state index contributed by atoms with van der Waals surface area (Å²) in [5, 5.41) is 0. The second-order valence-corrected chi connectivity index (χ2v) is 6.42. The minimum Gasteiger partial charge on any atom is -0.327 e. The lowest BCUT2D eigenvalue weighted by atomic mass is 10.1. The highest BCUT2D eigenvalue weighted by Gasteiger charge is 2.14. The molecule has 3 rings (SSSR count). The van der Waals surface area contributed by atoms with Gasteiger partial charge in [0, 0.05) is 6.54 Å². The molecule has 0 aliphatic carbocycles. The Morgan fingerprint density at radius 1 is 1.09 bits per heavy atom. The molecule has 120 valence electrons. The van der Waals surface area contributed by atoms with E-state index in [2.05, 4.69) is 60.9 Å². The van der Waals surface area contributed by atoms with Crippen molar-refractivity contribution in [1.82, 2.24) is 9.55 Å². The van der Waals surface area contributed by atoms with Crippen LogP contribution >= 0.6 is 0 Å². The number of hydrogen-bond donors (Lipinski definition) is 1. The van der Waals surface area contributed by atoms with Crippen molar-refractivity contribution in [2.45, 2.75) is 46.2 Å². The maximum atomic E-state index is 6.15. The van der Waals surface area contributed by atoms with E-state index in [4.69, 9.17) is 10.7 Å². The Morgan fingerprint density at radius 2 is 1.78 bits per heavy atom. The molecule has 0 radical (unpaired) electrons. The minimum absolute atomic E-state index is 0.0558. The van der Waals surface area contributed by atoms with Crippen molar-refractivity contribution in [3.63, 3.8) is 0 Å². The minimum atomic E-state index is -0.0558. The fourth-order valence-electron chi connectivity index (χ4n) is 3.07. The topological polar surface area (TPSA) is 43.8 Å². The van der Waals surface area contributed by atoms with E-state index in [9.17, 15) is 0 Å². The lowest BCUT2D eigenvalue weighted by Gasteiger charge is -2.12. The molecule has 3 aromatic rings. The zero-order chi connectivity index (χ0) is 16.4. The van der Waals surface area contributed by atoms with E-state index in [1.807, 2.05) is 6.92 Å². The first-order valence-corrected chi connectivity index (χ1v) is 8.33. The third-order valence-corrected chi connectivity index (χ3v) is 4.49. The summed E-state index contributed by atoms with van der Waals surface area (Å²) < 4.78 is 2.30. The van der Waals surface area contributed by atoms with Gasteiger partial charge < -0.3 is 10.3 Å². The highest BCUT2D eigenvalue weighted by Crippen LogP contribution is 2.24. The maximum Gasteiger partial charge on any atom is 0.126 e. The van der Waals surface area contributed by atoms with Gasteiger partial charge in [0.15, 0.2) is 0 Å². The van der Waals surface area contributed by atoms with Crippen molar-refractivity contribution in [2.24, 2.45) is 5.73 Å². The van der Waals surface area contributed by atoms with Crippen LogP contribution in [0.2, 0.25) is 0 Å². The number of benzene rings is 2. The molecular weight excluding hydrogens is 282 g/mol. The Morgan fingerprint density at radius 3 is 2.48 bits per heavy atom. The van der Waals surface area contributed by atoms with E-state index in [-0.39, 0.29) is 6.04 Å². The van der Waals surface area contributed by atoms with Gasteiger partial charge in [0.05, 0.1) is 17.1 Å². The third kappa shape index (κ3) is 3.30. The second kappa shape index (κ2) is 6.55. The van der Waals surface area contributed by atoms with E-state index in [0.717, 1.165) is 30.7 Å². The summed E-state index contributed by atoms with van der Waals surface area (Å²) in [6, 6.07) is 15.0. The molecule has 0 saturated carbocycles. The molecule has 1 unspecified atom stereocenters. The van der Waals surface area contributed by atoms with Crippen molar-refractivity contribution in [3.05, 3.63) is 65.0 Å². The summed E-state index contributed by atoms with van der Waals surface area (Å²) in [5.41, 5.74) is 12.4. The van der Waals surface area contributed by atoms with Gasteiger partial charge in [-0.05, 0) is 62.4 Å². The molecule has 0 aliphatic rings. The van der Waals surface area contributed by atoms with Crippen LogP contribution in [0.25, 0.3) is 11.0 Å². The summed E-state index contributed by atoms with van der Waals surface area (Å²) in [6.45, 7) is 7.25. The Labute approximate surface area is 138 Å². The van der Waals surface area contributed by atoms with Crippen LogP contribution in [0.1, 0.15) is 41.9 Å². The number of nitrogens with zero attached hydrogens (tertiary/aromatic N) is 2. The number of imidazole rings is 1. The smallest absolute Gasteiger partial charge is 0.126 e. The van der Waals surface area contributed by atoms with E-state index < -0.39 is 0 Å². The van der Waals surface area contributed by atoms with Crippen molar-refractivity contribution >= 4 is 11.0 Å². The number of fused-ring (bicyclic) bond motifs is 1. The predicted octanol–water partition coefficient (Wildman–Crippen LogP) is 4.31. The van der Waals surface area contributed by atoms with Crippen LogP contribution in [0.5, 0.6) is 0 Å². The third-order valence-electron chi connectivity index (χ3n) is 4.49. The second-order valence-electron chi connectivity index (χ2n) is 6.42.